The molecule has 2 rings (SSSR count). The smallest absolute Gasteiger partial charge is 0.365 e. The summed E-state index contributed by atoms with van der Waals surface area (Å²) in [6.45, 7) is 0.477. The summed E-state index contributed by atoms with van der Waals surface area (Å²) in [5.41, 5.74) is 0.957. The number of pyridine rings is 1. The number of non-ortho nitro benzene ring substituents is 1. The van der Waals surface area contributed by atoms with Crippen LogP contribution in [-0.4, -0.2) is 10.0 Å². The SMILES string of the molecule is O=[N+]([O-])c1ccc(C[n+]2ccccc2O)cc1. The van der Waals surface area contributed by atoms with Crippen molar-refractivity contribution in [1.29, 1.82) is 0 Å². The van der Waals surface area contributed by atoms with Crippen molar-refractivity contribution in [2.24, 2.45) is 0 Å². The van der Waals surface area contributed by atoms with E-state index in [1.807, 2.05) is 6.07 Å². The molecule has 0 bridgehead atoms. The molecule has 0 saturated carbocycles. The molecule has 0 amide bonds. The van der Waals surface area contributed by atoms with Crippen molar-refractivity contribution in [2.45, 2.75) is 6.54 Å². The molecule has 0 aliphatic heterocycles. The minimum atomic E-state index is -0.434. The average Bonchev–Trinajstić information content (AvgIpc) is 2.33. The van der Waals surface area contributed by atoms with Gasteiger partial charge in [0.25, 0.3) is 5.69 Å². The lowest BCUT2D eigenvalue weighted by Crippen LogP contribution is -2.33. The van der Waals surface area contributed by atoms with Crippen molar-refractivity contribution in [1.82, 2.24) is 0 Å². The number of aromatic hydroxyl groups is 1. The predicted molar refractivity (Wildman–Crippen MR) is 60.5 cm³/mol. The Kier molecular flexibility index (Phi) is 3.00. The van der Waals surface area contributed by atoms with Crippen LogP contribution in [0.4, 0.5) is 5.69 Å². The Morgan fingerprint density at radius 3 is 2.47 bits per heavy atom. The average molecular weight is 231 g/mol. The molecule has 5 heteroatoms. The van der Waals surface area contributed by atoms with Crippen LogP contribution in [0.5, 0.6) is 5.88 Å². The Morgan fingerprint density at radius 1 is 1.18 bits per heavy atom. The van der Waals surface area contributed by atoms with E-state index in [-0.39, 0.29) is 11.6 Å². The van der Waals surface area contributed by atoms with Gasteiger partial charge in [-0.3, -0.25) is 10.1 Å². The molecule has 1 aromatic heterocycles. The summed E-state index contributed by atoms with van der Waals surface area (Å²) >= 11 is 0. The van der Waals surface area contributed by atoms with Crippen LogP contribution < -0.4 is 4.57 Å². The summed E-state index contributed by atoms with van der Waals surface area (Å²) < 4.78 is 1.65. The van der Waals surface area contributed by atoms with E-state index in [0.29, 0.717) is 6.54 Å². The van der Waals surface area contributed by atoms with Crippen molar-refractivity contribution in [3.8, 4) is 5.88 Å². The fourth-order valence-corrected chi connectivity index (χ4v) is 1.52. The van der Waals surface area contributed by atoms with Gasteiger partial charge in [-0.15, -0.1) is 0 Å². The molecule has 2 aromatic rings. The van der Waals surface area contributed by atoms with Gasteiger partial charge in [0.1, 0.15) is 0 Å². The highest BCUT2D eigenvalue weighted by molar-refractivity contribution is 5.32. The molecule has 0 aliphatic rings. The summed E-state index contributed by atoms with van der Waals surface area (Å²) in [4.78, 5) is 10.1. The fraction of sp³-hybridized carbons (Fsp3) is 0.0833. The first-order valence-corrected chi connectivity index (χ1v) is 5.07. The third-order valence-electron chi connectivity index (χ3n) is 2.42. The second kappa shape index (κ2) is 4.61. The summed E-state index contributed by atoms with van der Waals surface area (Å²) in [6.07, 6.45) is 1.75. The van der Waals surface area contributed by atoms with E-state index in [4.69, 9.17) is 0 Å². The Labute approximate surface area is 97.7 Å². The molecule has 86 valence electrons. The van der Waals surface area contributed by atoms with Crippen LogP contribution in [0.2, 0.25) is 0 Å². The van der Waals surface area contributed by atoms with Crippen molar-refractivity contribution in [3.63, 3.8) is 0 Å². The standard InChI is InChI=1S/C12H10N2O3/c15-12-3-1-2-8-13(12)9-10-4-6-11(7-5-10)14(16)17/h1-8H,9H2/p+1. The molecule has 0 atom stereocenters. The fourth-order valence-electron chi connectivity index (χ4n) is 1.52. The first kappa shape index (κ1) is 11.1. The van der Waals surface area contributed by atoms with Crippen LogP contribution in [0.15, 0.2) is 48.7 Å². The van der Waals surface area contributed by atoms with Crippen molar-refractivity contribution in [2.75, 3.05) is 0 Å². The first-order valence-electron chi connectivity index (χ1n) is 5.07. The zero-order valence-electron chi connectivity index (χ0n) is 8.98. The maximum Gasteiger partial charge on any atom is 0.365 e. The Hall–Kier alpha value is -2.43. The molecule has 0 unspecified atom stereocenters. The van der Waals surface area contributed by atoms with Crippen LogP contribution in [0.3, 0.4) is 0 Å². The second-order valence-electron chi connectivity index (χ2n) is 3.61. The highest BCUT2D eigenvalue weighted by atomic mass is 16.6. The monoisotopic (exact) mass is 231 g/mol. The molecule has 1 heterocycles. The number of nitro groups is 1. The number of rotatable bonds is 3. The minimum Gasteiger partial charge on any atom is -0.460 e. The highest BCUT2D eigenvalue weighted by Gasteiger charge is 2.10. The third kappa shape index (κ3) is 2.57. The van der Waals surface area contributed by atoms with Crippen molar-refractivity contribution in [3.05, 3.63) is 64.3 Å². The first-order chi connectivity index (χ1) is 8.16. The second-order valence-corrected chi connectivity index (χ2v) is 3.61. The van der Waals surface area contributed by atoms with Gasteiger partial charge in [-0.05, 0) is 18.2 Å². The molecule has 17 heavy (non-hydrogen) atoms. The maximum absolute atomic E-state index is 10.5. The number of aromatic nitrogens is 1. The molecule has 1 aromatic carbocycles. The molecule has 5 nitrogen and oxygen atoms in total. The van der Waals surface area contributed by atoms with Crippen LogP contribution in [-0.2, 0) is 6.54 Å². The van der Waals surface area contributed by atoms with E-state index in [1.54, 1.807) is 35.0 Å². The van der Waals surface area contributed by atoms with Gasteiger partial charge in [-0.25, -0.2) is 0 Å². The van der Waals surface area contributed by atoms with Crippen LogP contribution in [0.1, 0.15) is 5.56 Å². The Morgan fingerprint density at radius 2 is 1.88 bits per heavy atom. The van der Waals surface area contributed by atoms with Crippen molar-refractivity contribution >= 4 is 5.69 Å². The molecule has 0 saturated heterocycles. The van der Waals surface area contributed by atoms with Gasteiger partial charge in [-0.1, -0.05) is 0 Å². The Bertz CT molecular complexity index is 538. The van der Waals surface area contributed by atoms with E-state index >= 15 is 0 Å². The van der Waals surface area contributed by atoms with E-state index in [1.165, 1.54) is 12.1 Å². The number of hydrogen-bond donors (Lipinski definition) is 1. The largest absolute Gasteiger partial charge is 0.460 e. The van der Waals surface area contributed by atoms with Crippen LogP contribution in [0.25, 0.3) is 0 Å². The summed E-state index contributed by atoms with van der Waals surface area (Å²) in [6, 6.07) is 11.4. The Balaban J connectivity index is 2.20. The summed E-state index contributed by atoms with van der Waals surface area (Å²) in [5, 5.41) is 20.1. The normalized spacial score (nSPS) is 10.1. The van der Waals surface area contributed by atoms with Gasteiger partial charge in [0.05, 0.1) is 11.0 Å². The summed E-state index contributed by atoms with van der Waals surface area (Å²) in [5.74, 6) is 0.158. The van der Waals surface area contributed by atoms with Gasteiger partial charge < -0.3 is 5.11 Å². The molecule has 0 spiro atoms. The topological polar surface area (TPSA) is 67.2 Å². The quantitative estimate of drug-likeness (QED) is 0.496. The van der Waals surface area contributed by atoms with E-state index in [2.05, 4.69) is 0 Å². The summed E-state index contributed by atoms with van der Waals surface area (Å²) in [7, 11) is 0. The van der Waals surface area contributed by atoms with Gasteiger partial charge >= 0.3 is 5.88 Å². The van der Waals surface area contributed by atoms with E-state index < -0.39 is 4.92 Å². The number of benzene rings is 1. The van der Waals surface area contributed by atoms with Gasteiger partial charge in [-0.2, -0.15) is 4.57 Å². The van der Waals surface area contributed by atoms with Gasteiger partial charge in [0.15, 0.2) is 12.7 Å². The van der Waals surface area contributed by atoms with Crippen molar-refractivity contribution < 1.29 is 14.6 Å². The lowest BCUT2D eigenvalue weighted by molar-refractivity contribution is -0.694. The number of nitrogens with zero attached hydrogens (tertiary/aromatic N) is 2. The highest BCUT2D eigenvalue weighted by Crippen LogP contribution is 2.12. The van der Waals surface area contributed by atoms with Gasteiger partial charge in [0, 0.05) is 23.8 Å². The number of hydrogen-bond acceptors (Lipinski definition) is 3. The molecular formula is C12H11N2O3+. The van der Waals surface area contributed by atoms with Crippen LogP contribution in [0, 0.1) is 10.1 Å². The maximum atomic E-state index is 10.5. The zero-order valence-corrected chi connectivity index (χ0v) is 8.98. The molecule has 0 aliphatic carbocycles. The number of nitro benzene ring substituents is 1. The van der Waals surface area contributed by atoms with E-state index in [0.717, 1.165) is 5.56 Å². The molecular weight excluding hydrogens is 220 g/mol. The minimum absolute atomic E-state index is 0.0658. The third-order valence-corrected chi connectivity index (χ3v) is 2.42. The van der Waals surface area contributed by atoms with E-state index in [9.17, 15) is 15.2 Å². The van der Waals surface area contributed by atoms with Gasteiger partial charge in [0.2, 0.25) is 0 Å². The van der Waals surface area contributed by atoms with Crippen LogP contribution >= 0.6 is 0 Å². The molecule has 0 fully saturated rings. The lowest BCUT2D eigenvalue weighted by atomic mass is 10.2. The lowest BCUT2D eigenvalue weighted by Gasteiger charge is -1.99. The molecule has 0 radical (unpaired) electrons. The zero-order chi connectivity index (χ0) is 12.3. The predicted octanol–water partition coefficient (Wildman–Crippen LogP) is 1.64. The molecule has 1 N–H and O–H groups in total.